The van der Waals surface area contributed by atoms with Crippen LogP contribution in [-0.2, 0) is 4.79 Å². The van der Waals surface area contributed by atoms with Crippen LogP contribution in [0, 0.1) is 11.3 Å². The second-order valence-corrected chi connectivity index (χ2v) is 3.59. The van der Waals surface area contributed by atoms with Gasteiger partial charge in [-0.1, -0.05) is 0 Å². The number of nitrogens with zero attached hydrogens (tertiary/aromatic N) is 2. The van der Waals surface area contributed by atoms with Gasteiger partial charge in [0.1, 0.15) is 0 Å². The summed E-state index contributed by atoms with van der Waals surface area (Å²) < 4.78 is 0. The molecular weight excluding hydrogens is 234 g/mol. The lowest BCUT2D eigenvalue weighted by molar-refractivity contribution is -0.136. The van der Waals surface area contributed by atoms with Crippen molar-refractivity contribution in [2.45, 2.75) is 6.42 Å². The molecule has 0 aliphatic rings. The summed E-state index contributed by atoms with van der Waals surface area (Å²) in [7, 11) is 1.57. The number of hydrogen-bond donors (Lipinski definition) is 2. The number of carboxylic acid groups (broad SMARTS) is 1. The van der Waals surface area contributed by atoms with Crippen molar-refractivity contribution < 1.29 is 14.7 Å². The van der Waals surface area contributed by atoms with Crippen LogP contribution in [0.4, 0.5) is 10.5 Å². The van der Waals surface area contributed by atoms with E-state index in [1.165, 1.54) is 4.90 Å². The van der Waals surface area contributed by atoms with Gasteiger partial charge in [-0.3, -0.25) is 9.69 Å². The fraction of sp³-hybridized carbons (Fsp3) is 0.250. The fourth-order valence-electron chi connectivity index (χ4n) is 1.27. The molecular formula is C12H13N3O3. The van der Waals surface area contributed by atoms with Gasteiger partial charge in [0.05, 0.1) is 18.1 Å². The average Bonchev–Trinajstić information content (AvgIpc) is 2.37. The van der Waals surface area contributed by atoms with Crippen molar-refractivity contribution in [1.82, 2.24) is 5.32 Å². The predicted molar refractivity (Wildman–Crippen MR) is 65.2 cm³/mol. The predicted octanol–water partition coefficient (Wildman–Crippen LogP) is 1.18. The number of nitriles is 1. The molecule has 0 bridgehead atoms. The highest BCUT2D eigenvalue weighted by Gasteiger charge is 2.10. The third-order valence-electron chi connectivity index (χ3n) is 2.30. The highest BCUT2D eigenvalue weighted by Crippen LogP contribution is 2.13. The highest BCUT2D eigenvalue weighted by molar-refractivity contribution is 5.91. The van der Waals surface area contributed by atoms with Crippen LogP contribution in [0.3, 0.4) is 0 Å². The number of carboxylic acids is 1. The van der Waals surface area contributed by atoms with E-state index in [2.05, 4.69) is 5.32 Å². The summed E-state index contributed by atoms with van der Waals surface area (Å²) in [5.74, 6) is -0.962. The van der Waals surface area contributed by atoms with E-state index in [4.69, 9.17) is 10.4 Å². The molecule has 1 aromatic carbocycles. The maximum absolute atomic E-state index is 11.6. The Bertz CT molecular complexity index is 476. The van der Waals surface area contributed by atoms with Gasteiger partial charge in [0, 0.05) is 19.3 Å². The zero-order valence-electron chi connectivity index (χ0n) is 9.88. The Labute approximate surface area is 104 Å². The Balaban J connectivity index is 2.57. The number of rotatable bonds is 4. The minimum Gasteiger partial charge on any atom is -0.481 e. The van der Waals surface area contributed by atoms with E-state index in [-0.39, 0.29) is 19.0 Å². The minimum absolute atomic E-state index is 0.0782. The standard InChI is InChI=1S/C12H13N3O3/c1-15(12(18)14-7-6-11(16)17)10-4-2-9(8-13)3-5-10/h2-5H,6-7H2,1H3,(H,14,18)(H,16,17). The maximum Gasteiger partial charge on any atom is 0.321 e. The Morgan fingerprint density at radius 2 is 2.00 bits per heavy atom. The van der Waals surface area contributed by atoms with Gasteiger partial charge in [-0.15, -0.1) is 0 Å². The van der Waals surface area contributed by atoms with Crippen molar-refractivity contribution in [3.8, 4) is 6.07 Å². The van der Waals surface area contributed by atoms with Crippen LogP contribution in [0.2, 0.25) is 0 Å². The summed E-state index contributed by atoms with van der Waals surface area (Å²) in [6.45, 7) is 0.0782. The number of aliphatic carboxylic acids is 1. The van der Waals surface area contributed by atoms with E-state index in [0.29, 0.717) is 11.3 Å². The first-order valence-electron chi connectivity index (χ1n) is 5.28. The smallest absolute Gasteiger partial charge is 0.321 e. The van der Waals surface area contributed by atoms with Crippen LogP contribution in [0.5, 0.6) is 0 Å². The Hall–Kier alpha value is -2.55. The van der Waals surface area contributed by atoms with Crippen molar-refractivity contribution in [2.75, 3.05) is 18.5 Å². The van der Waals surface area contributed by atoms with Gasteiger partial charge in [0.15, 0.2) is 0 Å². The summed E-state index contributed by atoms with van der Waals surface area (Å²) in [5, 5.41) is 19.6. The molecule has 0 aromatic heterocycles. The normalized spacial score (nSPS) is 9.33. The number of hydrogen-bond acceptors (Lipinski definition) is 3. The number of urea groups is 1. The summed E-state index contributed by atoms with van der Waals surface area (Å²) in [6, 6.07) is 8.11. The first-order valence-corrected chi connectivity index (χ1v) is 5.28. The van der Waals surface area contributed by atoms with Gasteiger partial charge in [0.25, 0.3) is 0 Å². The van der Waals surface area contributed by atoms with E-state index in [1.807, 2.05) is 6.07 Å². The number of benzene rings is 1. The second-order valence-electron chi connectivity index (χ2n) is 3.59. The van der Waals surface area contributed by atoms with E-state index >= 15 is 0 Å². The lowest BCUT2D eigenvalue weighted by atomic mass is 10.2. The first-order chi connectivity index (χ1) is 8.54. The zero-order valence-corrected chi connectivity index (χ0v) is 9.88. The molecule has 0 unspecified atom stereocenters. The van der Waals surface area contributed by atoms with Crippen LogP contribution in [0.15, 0.2) is 24.3 Å². The molecule has 2 N–H and O–H groups in total. The molecule has 1 aromatic rings. The van der Waals surface area contributed by atoms with Gasteiger partial charge >= 0.3 is 12.0 Å². The Morgan fingerprint density at radius 3 is 2.50 bits per heavy atom. The zero-order chi connectivity index (χ0) is 13.5. The molecule has 2 amide bonds. The molecule has 0 aliphatic carbocycles. The lowest BCUT2D eigenvalue weighted by Gasteiger charge is -2.17. The molecule has 0 saturated heterocycles. The number of amides is 2. The number of carbonyl (C=O) groups is 2. The molecule has 0 atom stereocenters. The lowest BCUT2D eigenvalue weighted by Crippen LogP contribution is -2.38. The average molecular weight is 247 g/mol. The molecule has 6 heteroatoms. The topological polar surface area (TPSA) is 93.4 Å². The van der Waals surface area contributed by atoms with Crippen LogP contribution in [0.1, 0.15) is 12.0 Å². The second kappa shape index (κ2) is 6.25. The molecule has 0 fully saturated rings. The summed E-state index contributed by atoms with van der Waals surface area (Å²) in [5.41, 5.74) is 1.14. The van der Waals surface area contributed by atoms with Crippen LogP contribution < -0.4 is 10.2 Å². The van der Waals surface area contributed by atoms with Crippen molar-refractivity contribution in [1.29, 1.82) is 5.26 Å². The van der Waals surface area contributed by atoms with E-state index in [1.54, 1.807) is 31.3 Å². The van der Waals surface area contributed by atoms with Crippen molar-refractivity contribution >= 4 is 17.7 Å². The maximum atomic E-state index is 11.6. The first kappa shape index (κ1) is 13.5. The molecule has 18 heavy (non-hydrogen) atoms. The Kier molecular flexibility index (Phi) is 4.69. The summed E-state index contributed by atoms with van der Waals surface area (Å²) >= 11 is 0. The largest absolute Gasteiger partial charge is 0.481 e. The van der Waals surface area contributed by atoms with E-state index in [9.17, 15) is 9.59 Å². The molecule has 0 aliphatic heterocycles. The molecule has 0 radical (unpaired) electrons. The van der Waals surface area contributed by atoms with Gasteiger partial charge < -0.3 is 10.4 Å². The fourth-order valence-corrected chi connectivity index (χ4v) is 1.27. The highest BCUT2D eigenvalue weighted by atomic mass is 16.4. The molecule has 6 nitrogen and oxygen atoms in total. The Morgan fingerprint density at radius 1 is 1.39 bits per heavy atom. The molecule has 0 spiro atoms. The van der Waals surface area contributed by atoms with Gasteiger partial charge in [-0.05, 0) is 24.3 Å². The van der Waals surface area contributed by atoms with Crippen LogP contribution in [0.25, 0.3) is 0 Å². The molecule has 94 valence electrons. The molecule has 0 saturated carbocycles. The third-order valence-corrected chi connectivity index (χ3v) is 2.30. The monoisotopic (exact) mass is 247 g/mol. The molecule has 1 rings (SSSR count). The van der Waals surface area contributed by atoms with Crippen LogP contribution in [-0.4, -0.2) is 30.7 Å². The van der Waals surface area contributed by atoms with Crippen molar-refractivity contribution in [2.24, 2.45) is 0 Å². The van der Waals surface area contributed by atoms with E-state index < -0.39 is 5.97 Å². The van der Waals surface area contributed by atoms with Gasteiger partial charge in [0.2, 0.25) is 0 Å². The van der Waals surface area contributed by atoms with Crippen molar-refractivity contribution in [3.05, 3.63) is 29.8 Å². The third kappa shape index (κ3) is 3.79. The number of nitrogens with one attached hydrogen (secondary N) is 1. The molecule has 0 heterocycles. The summed E-state index contributed by atoms with van der Waals surface area (Å²) in [6.07, 6.45) is -0.118. The SMILES string of the molecule is CN(C(=O)NCCC(=O)O)c1ccc(C#N)cc1. The quantitative estimate of drug-likeness (QED) is 0.835. The van der Waals surface area contributed by atoms with Crippen LogP contribution >= 0.6 is 0 Å². The number of carbonyl (C=O) groups excluding carboxylic acids is 1. The van der Waals surface area contributed by atoms with Crippen molar-refractivity contribution in [3.63, 3.8) is 0 Å². The minimum atomic E-state index is -0.962. The van der Waals surface area contributed by atoms with Gasteiger partial charge in [-0.25, -0.2) is 4.79 Å². The van der Waals surface area contributed by atoms with E-state index in [0.717, 1.165) is 0 Å². The summed E-state index contributed by atoms with van der Waals surface area (Å²) in [4.78, 5) is 23.3. The number of anilines is 1. The van der Waals surface area contributed by atoms with Gasteiger partial charge in [-0.2, -0.15) is 5.26 Å².